The number of hydrogen-bond acceptors (Lipinski definition) is 4. The summed E-state index contributed by atoms with van der Waals surface area (Å²) >= 11 is 0. The number of hydrazone groups is 1. The Bertz CT molecular complexity index is 952. The second-order valence-electron chi connectivity index (χ2n) is 5.63. The van der Waals surface area contributed by atoms with Gasteiger partial charge >= 0.3 is 0 Å². The normalized spacial score (nSPS) is 12.1. The van der Waals surface area contributed by atoms with E-state index in [2.05, 4.69) is 10.5 Å². The second kappa shape index (κ2) is 8.27. The van der Waals surface area contributed by atoms with E-state index in [1.807, 2.05) is 0 Å². The average molecular weight is 370 g/mol. The van der Waals surface area contributed by atoms with Crippen LogP contribution < -0.4 is 10.2 Å². The van der Waals surface area contributed by atoms with Crippen molar-refractivity contribution in [2.45, 2.75) is 13.0 Å². The molecule has 7 heteroatoms. The summed E-state index contributed by atoms with van der Waals surface area (Å²) in [6.45, 7) is 1.54. The molecule has 3 aromatic rings. The van der Waals surface area contributed by atoms with Gasteiger partial charge in [-0.25, -0.2) is 14.2 Å². The minimum atomic E-state index is -0.835. The number of furan rings is 1. The van der Waals surface area contributed by atoms with Crippen molar-refractivity contribution in [3.05, 3.63) is 78.1 Å². The molecular formula is C20H16F2N2O3. The topological polar surface area (TPSA) is 63.8 Å². The molecule has 0 fully saturated rings. The molecule has 0 unspecified atom stereocenters. The van der Waals surface area contributed by atoms with Crippen molar-refractivity contribution in [3.8, 4) is 17.1 Å². The SMILES string of the molecule is C[C@@H](Oc1ccc(F)cc1)C(=O)N/N=C\c1ccc(-c2ccccc2F)o1. The van der Waals surface area contributed by atoms with Crippen molar-refractivity contribution in [2.24, 2.45) is 5.10 Å². The maximum absolute atomic E-state index is 13.7. The highest BCUT2D eigenvalue weighted by Crippen LogP contribution is 2.24. The lowest BCUT2D eigenvalue weighted by Crippen LogP contribution is -2.33. The van der Waals surface area contributed by atoms with Crippen LogP contribution in [-0.4, -0.2) is 18.2 Å². The van der Waals surface area contributed by atoms with E-state index in [4.69, 9.17) is 9.15 Å². The van der Waals surface area contributed by atoms with Gasteiger partial charge in [0.1, 0.15) is 28.9 Å². The molecule has 1 atom stereocenters. The molecule has 0 bridgehead atoms. The highest BCUT2D eigenvalue weighted by Gasteiger charge is 2.14. The number of carbonyl (C=O) groups excluding carboxylic acids is 1. The fraction of sp³-hybridized carbons (Fsp3) is 0.100. The molecule has 0 aliphatic heterocycles. The van der Waals surface area contributed by atoms with E-state index in [0.717, 1.165) is 0 Å². The molecule has 1 aromatic heterocycles. The summed E-state index contributed by atoms with van der Waals surface area (Å²) in [6, 6.07) is 14.8. The predicted octanol–water partition coefficient (Wildman–Crippen LogP) is 4.14. The standard InChI is InChI=1S/C20H16F2N2O3/c1-13(26-15-8-6-14(21)7-9-15)20(25)24-23-12-16-10-11-19(27-16)17-4-2-3-5-18(17)22/h2-13H,1H3,(H,24,25)/b23-12-/t13-/m1/s1. The van der Waals surface area contributed by atoms with Crippen LogP contribution in [0.5, 0.6) is 5.75 Å². The summed E-state index contributed by atoms with van der Waals surface area (Å²) in [5.41, 5.74) is 2.66. The molecule has 2 aromatic carbocycles. The average Bonchev–Trinajstić information content (AvgIpc) is 3.12. The third-order valence-corrected chi connectivity index (χ3v) is 3.63. The molecule has 138 valence electrons. The summed E-state index contributed by atoms with van der Waals surface area (Å²) in [5, 5.41) is 3.80. The van der Waals surface area contributed by atoms with Gasteiger partial charge in [0, 0.05) is 0 Å². The van der Waals surface area contributed by atoms with Crippen LogP contribution in [0.4, 0.5) is 8.78 Å². The van der Waals surface area contributed by atoms with Gasteiger partial charge in [-0.3, -0.25) is 4.79 Å². The maximum Gasteiger partial charge on any atom is 0.280 e. The first-order chi connectivity index (χ1) is 13.0. The van der Waals surface area contributed by atoms with E-state index in [9.17, 15) is 13.6 Å². The maximum atomic E-state index is 13.7. The van der Waals surface area contributed by atoms with Crippen molar-refractivity contribution >= 4 is 12.1 Å². The second-order valence-corrected chi connectivity index (χ2v) is 5.63. The fourth-order valence-electron chi connectivity index (χ4n) is 2.25. The summed E-state index contributed by atoms with van der Waals surface area (Å²) in [5.74, 6) is -0.206. The first-order valence-corrected chi connectivity index (χ1v) is 8.13. The van der Waals surface area contributed by atoms with Crippen LogP contribution in [0.25, 0.3) is 11.3 Å². The van der Waals surface area contributed by atoms with Crippen molar-refractivity contribution < 1.29 is 22.7 Å². The zero-order valence-electron chi connectivity index (χ0n) is 14.4. The largest absolute Gasteiger partial charge is 0.481 e. The first kappa shape index (κ1) is 18.3. The Hall–Kier alpha value is -3.48. The quantitative estimate of drug-likeness (QED) is 0.524. The third-order valence-electron chi connectivity index (χ3n) is 3.63. The lowest BCUT2D eigenvalue weighted by molar-refractivity contribution is -0.127. The van der Waals surface area contributed by atoms with Gasteiger partial charge in [0.25, 0.3) is 5.91 Å². The number of nitrogens with one attached hydrogen (secondary N) is 1. The van der Waals surface area contributed by atoms with Crippen LogP contribution in [0, 0.1) is 11.6 Å². The van der Waals surface area contributed by atoms with E-state index >= 15 is 0 Å². The molecule has 0 spiro atoms. The molecule has 3 rings (SSSR count). The van der Waals surface area contributed by atoms with Gasteiger partial charge < -0.3 is 9.15 Å². The smallest absolute Gasteiger partial charge is 0.280 e. The first-order valence-electron chi connectivity index (χ1n) is 8.13. The monoisotopic (exact) mass is 370 g/mol. The van der Waals surface area contributed by atoms with Crippen LogP contribution >= 0.6 is 0 Å². The van der Waals surface area contributed by atoms with Gasteiger partial charge in [-0.05, 0) is 55.5 Å². The molecular weight excluding hydrogens is 354 g/mol. The third kappa shape index (κ3) is 4.78. The Morgan fingerprint density at radius 3 is 2.59 bits per heavy atom. The van der Waals surface area contributed by atoms with Crippen LogP contribution in [-0.2, 0) is 4.79 Å². The Morgan fingerprint density at radius 1 is 1.11 bits per heavy atom. The Morgan fingerprint density at radius 2 is 1.85 bits per heavy atom. The van der Waals surface area contributed by atoms with Crippen LogP contribution in [0.3, 0.4) is 0 Å². The molecule has 0 radical (unpaired) electrons. The molecule has 1 N–H and O–H groups in total. The molecule has 1 heterocycles. The van der Waals surface area contributed by atoms with Gasteiger partial charge in [0.15, 0.2) is 6.10 Å². The number of benzene rings is 2. The van der Waals surface area contributed by atoms with Crippen LogP contribution in [0.2, 0.25) is 0 Å². The molecule has 0 saturated carbocycles. The molecule has 1 amide bonds. The number of amides is 1. The van der Waals surface area contributed by atoms with Gasteiger partial charge in [0.2, 0.25) is 0 Å². The molecule has 0 aliphatic carbocycles. The van der Waals surface area contributed by atoms with E-state index in [1.165, 1.54) is 43.5 Å². The Kier molecular flexibility index (Phi) is 5.61. The zero-order valence-corrected chi connectivity index (χ0v) is 14.4. The minimum absolute atomic E-state index is 0.336. The van der Waals surface area contributed by atoms with Gasteiger partial charge in [-0.2, -0.15) is 5.10 Å². The van der Waals surface area contributed by atoms with Crippen LogP contribution in [0.15, 0.2) is 70.2 Å². The van der Waals surface area contributed by atoms with Crippen molar-refractivity contribution in [3.63, 3.8) is 0 Å². The number of halogens is 2. The van der Waals surface area contributed by atoms with E-state index in [1.54, 1.807) is 30.3 Å². The number of ether oxygens (including phenoxy) is 1. The number of carbonyl (C=O) groups is 1. The lowest BCUT2D eigenvalue weighted by atomic mass is 10.1. The minimum Gasteiger partial charge on any atom is -0.481 e. The lowest BCUT2D eigenvalue weighted by Gasteiger charge is -2.12. The number of nitrogens with zero attached hydrogens (tertiary/aromatic N) is 1. The number of rotatable bonds is 6. The van der Waals surface area contributed by atoms with Gasteiger partial charge in [-0.15, -0.1) is 0 Å². The fourth-order valence-corrected chi connectivity index (χ4v) is 2.25. The highest BCUT2D eigenvalue weighted by molar-refractivity contribution is 5.83. The summed E-state index contributed by atoms with van der Waals surface area (Å²) in [6.07, 6.45) is 0.463. The predicted molar refractivity (Wildman–Crippen MR) is 96.3 cm³/mol. The van der Waals surface area contributed by atoms with Crippen molar-refractivity contribution in [1.82, 2.24) is 5.43 Å². The van der Waals surface area contributed by atoms with Crippen molar-refractivity contribution in [1.29, 1.82) is 0 Å². The Labute approximate surface area is 154 Å². The van der Waals surface area contributed by atoms with Gasteiger partial charge in [0.05, 0.1) is 11.8 Å². The van der Waals surface area contributed by atoms with Crippen molar-refractivity contribution in [2.75, 3.05) is 0 Å². The Balaban J connectivity index is 1.56. The molecule has 0 saturated heterocycles. The molecule has 27 heavy (non-hydrogen) atoms. The summed E-state index contributed by atoms with van der Waals surface area (Å²) in [4.78, 5) is 12.0. The zero-order chi connectivity index (χ0) is 19.2. The highest BCUT2D eigenvalue weighted by atomic mass is 19.1. The van der Waals surface area contributed by atoms with Crippen LogP contribution in [0.1, 0.15) is 12.7 Å². The van der Waals surface area contributed by atoms with Gasteiger partial charge in [-0.1, -0.05) is 12.1 Å². The summed E-state index contributed by atoms with van der Waals surface area (Å²) < 4.78 is 37.5. The van der Waals surface area contributed by atoms with E-state index in [0.29, 0.717) is 22.8 Å². The summed E-state index contributed by atoms with van der Waals surface area (Å²) in [7, 11) is 0. The molecule has 5 nitrogen and oxygen atoms in total. The van der Waals surface area contributed by atoms with E-state index < -0.39 is 23.6 Å². The number of hydrogen-bond donors (Lipinski definition) is 1. The molecule has 0 aliphatic rings. The van der Waals surface area contributed by atoms with E-state index in [-0.39, 0.29) is 0 Å².